The fourth-order valence-electron chi connectivity index (χ4n) is 3.78. The van der Waals surface area contributed by atoms with Crippen molar-refractivity contribution in [2.45, 2.75) is 72.3 Å². The highest BCUT2D eigenvalue weighted by molar-refractivity contribution is 8.03. The Morgan fingerprint density at radius 1 is 1.29 bits per heavy atom. The van der Waals surface area contributed by atoms with E-state index in [0.29, 0.717) is 11.7 Å². The molecule has 3 rings (SSSR count). The van der Waals surface area contributed by atoms with Crippen molar-refractivity contribution in [3.63, 3.8) is 0 Å². The van der Waals surface area contributed by atoms with Crippen molar-refractivity contribution in [3.8, 4) is 5.75 Å². The summed E-state index contributed by atoms with van der Waals surface area (Å²) in [5.41, 5.74) is 0. The first-order valence-electron chi connectivity index (χ1n) is 11.5. The van der Waals surface area contributed by atoms with Crippen LogP contribution in [0.4, 0.5) is 9.93 Å². The summed E-state index contributed by atoms with van der Waals surface area (Å²) in [7, 11) is 1.67. The molecule has 0 bridgehead atoms. The minimum absolute atomic E-state index is 0.123. The number of carbonyl (C=O) groups is 2. The number of urea groups is 1. The molecule has 0 aliphatic heterocycles. The molecule has 10 heteroatoms. The summed E-state index contributed by atoms with van der Waals surface area (Å²) in [6.07, 6.45) is 8.10. The smallest absolute Gasteiger partial charge is 0.323 e. The predicted octanol–water partition coefficient (Wildman–Crippen LogP) is 6.46. The quantitative estimate of drug-likeness (QED) is 0.258. The fraction of sp³-hybridized carbons (Fsp3) is 0.542. The van der Waals surface area contributed by atoms with Crippen LogP contribution in [0, 0.1) is 0 Å². The van der Waals surface area contributed by atoms with Gasteiger partial charge in [-0.1, -0.05) is 48.4 Å². The minimum Gasteiger partial charge on any atom is -0.497 e. The van der Waals surface area contributed by atoms with Crippen LogP contribution in [0.25, 0.3) is 0 Å². The molecular weight excluding hydrogens is 490 g/mol. The summed E-state index contributed by atoms with van der Waals surface area (Å²) >= 11 is 4.31. The Balaban J connectivity index is 1.58. The Bertz CT molecular complexity index is 960. The number of aliphatic carboxylic acids is 1. The standard InChI is InChI=1S/C24H33N3O4S3/c1-24(2,21(28)29)34-20-16-25-22(33-20)26-23(30)27(17-9-5-4-6-10-17)13-8-14-32-19-12-7-11-18(15-19)31-3/h7,11-12,15-17H,4-6,8-10,13-14H2,1-3H3,(H,28,29)(H,25,26,30). The first kappa shape index (κ1) is 26.7. The molecule has 1 fully saturated rings. The highest BCUT2D eigenvalue weighted by atomic mass is 32.2. The van der Waals surface area contributed by atoms with Crippen LogP contribution in [-0.2, 0) is 4.79 Å². The number of rotatable bonds is 11. The van der Waals surface area contributed by atoms with Crippen LogP contribution in [-0.4, -0.2) is 57.2 Å². The number of nitrogens with zero attached hydrogens (tertiary/aromatic N) is 2. The number of thiazole rings is 1. The maximum atomic E-state index is 13.2. The van der Waals surface area contributed by atoms with Crippen LogP contribution in [0.5, 0.6) is 5.75 Å². The second-order valence-electron chi connectivity index (χ2n) is 8.70. The summed E-state index contributed by atoms with van der Waals surface area (Å²) in [6.45, 7) is 4.01. The molecule has 1 aliphatic rings. The van der Waals surface area contributed by atoms with Gasteiger partial charge in [-0.2, -0.15) is 0 Å². The average molecular weight is 524 g/mol. The molecule has 1 aliphatic carbocycles. The summed E-state index contributed by atoms with van der Waals surface area (Å²) in [4.78, 5) is 32.1. The van der Waals surface area contributed by atoms with Gasteiger partial charge in [0, 0.05) is 17.5 Å². The third-order valence-electron chi connectivity index (χ3n) is 5.70. The predicted molar refractivity (Wildman–Crippen MR) is 141 cm³/mol. The van der Waals surface area contributed by atoms with Gasteiger partial charge in [0.05, 0.1) is 17.5 Å². The average Bonchev–Trinajstić information content (AvgIpc) is 3.25. The molecular formula is C24H33N3O4S3. The number of methoxy groups -OCH3 is 1. The molecule has 34 heavy (non-hydrogen) atoms. The molecule has 0 atom stereocenters. The van der Waals surface area contributed by atoms with Gasteiger partial charge in [0.1, 0.15) is 10.5 Å². The van der Waals surface area contributed by atoms with Crippen molar-refractivity contribution in [1.82, 2.24) is 9.88 Å². The first-order chi connectivity index (χ1) is 16.3. The second-order valence-corrected chi connectivity index (χ2v) is 12.8. The van der Waals surface area contributed by atoms with Gasteiger partial charge in [0.15, 0.2) is 5.13 Å². The molecule has 1 aromatic carbocycles. The number of nitrogens with one attached hydrogen (secondary N) is 1. The Kier molecular flexibility index (Phi) is 9.97. The lowest BCUT2D eigenvalue weighted by Crippen LogP contribution is -2.44. The summed E-state index contributed by atoms with van der Waals surface area (Å²) < 4.78 is 5.11. The van der Waals surface area contributed by atoms with Gasteiger partial charge in [0.2, 0.25) is 0 Å². The molecule has 2 aromatic rings. The summed E-state index contributed by atoms with van der Waals surface area (Å²) in [6, 6.07) is 8.14. The SMILES string of the molecule is COc1cccc(SCCCN(C(=O)Nc2ncc(SC(C)(C)C(=O)O)s2)C2CCCCC2)c1. The van der Waals surface area contributed by atoms with Crippen molar-refractivity contribution in [1.29, 1.82) is 0 Å². The van der Waals surface area contributed by atoms with Crippen molar-refractivity contribution >= 4 is 52.0 Å². The number of hydrogen-bond acceptors (Lipinski definition) is 7. The van der Waals surface area contributed by atoms with Gasteiger partial charge < -0.3 is 14.7 Å². The van der Waals surface area contributed by atoms with E-state index in [9.17, 15) is 14.7 Å². The third-order valence-corrected chi connectivity index (χ3v) is 8.98. The van der Waals surface area contributed by atoms with Gasteiger partial charge in [-0.25, -0.2) is 9.78 Å². The van der Waals surface area contributed by atoms with Crippen molar-refractivity contribution in [3.05, 3.63) is 30.5 Å². The van der Waals surface area contributed by atoms with Gasteiger partial charge >= 0.3 is 12.0 Å². The first-order valence-corrected chi connectivity index (χ1v) is 14.1. The molecule has 186 valence electrons. The van der Waals surface area contributed by atoms with Crippen LogP contribution in [0.3, 0.4) is 0 Å². The number of amides is 2. The van der Waals surface area contributed by atoms with Gasteiger partial charge in [-0.3, -0.25) is 10.1 Å². The molecule has 1 saturated carbocycles. The molecule has 0 spiro atoms. The Hall–Kier alpha value is -1.91. The molecule has 1 heterocycles. The lowest BCUT2D eigenvalue weighted by Gasteiger charge is -2.34. The Labute approximate surface area is 214 Å². The van der Waals surface area contributed by atoms with Crippen molar-refractivity contribution in [2.24, 2.45) is 0 Å². The number of carboxylic acid groups (broad SMARTS) is 1. The van der Waals surface area contributed by atoms with Crippen LogP contribution in [0.2, 0.25) is 0 Å². The van der Waals surface area contributed by atoms with E-state index in [4.69, 9.17) is 4.74 Å². The van der Waals surface area contributed by atoms with Crippen molar-refractivity contribution in [2.75, 3.05) is 24.7 Å². The van der Waals surface area contributed by atoms with Gasteiger partial charge in [-0.05, 0) is 57.1 Å². The Morgan fingerprint density at radius 3 is 2.76 bits per heavy atom. The van der Waals surface area contributed by atoms with Crippen LogP contribution in [0.15, 0.2) is 39.6 Å². The normalized spacial score (nSPS) is 14.6. The number of ether oxygens (including phenoxy) is 1. The Morgan fingerprint density at radius 2 is 2.06 bits per heavy atom. The lowest BCUT2D eigenvalue weighted by molar-refractivity contribution is -0.138. The van der Waals surface area contributed by atoms with E-state index in [1.165, 1.54) is 29.5 Å². The number of benzene rings is 1. The van der Waals surface area contributed by atoms with Crippen LogP contribution >= 0.6 is 34.9 Å². The van der Waals surface area contributed by atoms with E-state index >= 15 is 0 Å². The summed E-state index contributed by atoms with van der Waals surface area (Å²) in [5, 5.41) is 12.8. The monoisotopic (exact) mass is 523 g/mol. The molecule has 0 unspecified atom stereocenters. The van der Waals surface area contributed by atoms with E-state index < -0.39 is 10.7 Å². The highest BCUT2D eigenvalue weighted by Gasteiger charge is 2.30. The number of aromatic nitrogens is 1. The summed E-state index contributed by atoms with van der Waals surface area (Å²) in [5.74, 6) is 0.874. The molecule has 0 saturated heterocycles. The highest BCUT2D eigenvalue weighted by Crippen LogP contribution is 2.37. The maximum absolute atomic E-state index is 13.2. The van der Waals surface area contributed by atoms with E-state index in [1.807, 2.05) is 23.1 Å². The van der Waals surface area contributed by atoms with Crippen LogP contribution in [0.1, 0.15) is 52.4 Å². The zero-order chi connectivity index (χ0) is 24.6. The number of carboxylic acids is 1. The second kappa shape index (κ2) is 12.7. The molecule has 2 N–H and O–H groups in total. The third kappa shape index (κ3) is 7.81. The van der Waals surface area contributed by atoms with E-state index in [0.717, 1.165) is 52.7 Å². The molecule has 1 aromatic heterocycles. The largest absolute Gasteiger partial charge is 0.497 e. The van der Waals surface area contributed by atoms with Crippen LogP contribution < -0.4 is 10.1 Å². The lowest BCUT2D eigenvalue weighted by atomic mass is 9.94. The number of carbonyl (C=O) groups excluding carboxylic acids is 1. The zero-order valence-electron chi connectivity index (χ0n) is 19.9. The van der Waals surface area contributed by atoms with Gasteiger partial charge in [-0.15, -0.1) is 11.8 Å². The number of anilines is 1. The maximum Gasteiger partial charge on any atom is 0.323 e. The molecule has 7 nitrogen and oxygen atoms in total. The fourth-order valence-corrected chi connectivity index (χ4v) is 6.93. The minimum atomic E-state index is -0.956. The number of thioether (sulfide) groups is 2. The molecule has 0 radical (unpaired) electrons. The number of hydrogen-bond donors (Lipinski definition) is 2. The van der Waals surface area contributed by atoms with Gasteiger partial charge in [0.25, 0.3) is 0 Å². The van der Waals surface area contributed by atoms with Crippen molar-refractivity contribution < 1.29 is 19.4 Å². The van der Waals surface area contributed by atoms with E-state index in [2.05, 4.69) is 16.4 Å². The van der Waals surface area contributed by atoms with E-state index in [1.54, 1.807) is 38.9 Å². The molecule has 2 amide bonds. The zero-order valence-corrected chi connectivity index (χ0v) is 22.4. The van der Waals surface area contributed by atoms with E-state index in [-0.39, 0.29) is 12.1 Å². The topological polar surface area (TPSA) is 91.8 Å².